The molecule has 1 saturated heterocycles. The van der Waals surface area contributed by atoms with Crippen molar-refractivity contribution in [1.82, 2.24) is 4.90 Å². The first-order valence-corrected chi connectivity index (χ1v) is 14.7. The Balaban J connectivity index is 1.39. The van der Waals surface area contributed by atoms with Crippen molar-refractivity contribution < 1.29 is 14.3 Å². The van der Waals surface area contributed by atoms with Gasteiger partial charge in [-0.2, -0.15) is 0 Å². The standard InChI is InChI=1S/C33H28Cl2N2O3S/c1-2-39-30-17-25(13-16-29(30)40-22-26-14-15-27(34)19-28(26)35)18-31-32(38)37(21-24-11-7-4-8-12-24)33(41-31)36-20-23-9-5-3-6-10-23/h3-19H,2,20-22H2,1H3/b31-18-,36-33?. The molecule has 0 aromatic heterocycles. The molecule has 5 rings (SSSR count). The molecule has 1 amide bonds. The summed E-state index contributed by atoms with van der Waals surface area (Å²) in [7, 11) is 0. The largest absolute Gasteiger partial charge is 0.490 e. The van der Waals surface area contributed by atoms with Crippen molar-refractivity contribution in [3.63, 3.8) is 0 Å². The smallest absolute Gasteiger partial charge is 0.267 e. The van der Waals surface area contributed by atoms with E-state index < -0.39 is 0 Å². The molecule has 0 aliphatic carbocycles. The summed E-state index contributed by atoms with van der Waals surface area (Å²) in [4.78, 5) is 20.8. The molecule has 0 N–H and O–H groups in total. The molecule has 8 heteroatoms. The van der Waals surface area contributed by atoms with Gasteiger partial charge in [0.15, 0.2) is 16.7 Å². The predicted octanol–water partition coefficient (Wildman–Crippen LogP) is 8.64. The first-order valence-electron chi connectivity index (χ1n) is 13.2. The Morgan fingerprint density at radius 2 is 1.59 bits per heavy atom. The van der Waals surface area contributed by atoms with Crippen LogP contribution in [0.2, 0.25) is 10.0 Å². The van der Waals surface area contributed by atoms with E-state index in [2.05, 4.69) is 0 Å². The van der Waals surface area contributed by atoms with Gasteiger partial charge in [0.1, 0.15) is 6.61 Å². The van der Waals surface area contributed by atoms with Crippen molar-refractivity contribution in [2.24, 2.45) is 4.99 Å². The monoisotopic (exact) mass is 602 g/mol. The van der Waals surface area contributed by atoms with E-state index in [-0.39, 0.29) is 12.5 Å². The predicted molar refractivity (Wildman–Crippen MR) is 169 cm³/mol. The van der Waals surface area contributed by atoms with Crippen LogP contribution in [0.1, 0.15) is 29.2 Å². The number of nitrogens with zero attached hydrogens (tertiary/aromatic N) is 2. The maximum absolute atomic E-state index is 13.6. The van der Waals surface area contributed by atoms with Crippen LogP contribution in [0.4, 0.5) is 0 Å². The maximum atomic E-state index is 13.6. The van der Waals surface area contributed by atoms with Gasteiger partial charge >= 0.3 is 0 Å². The van der Waals surface area contributed by atoms with E-state index in [1.807, 2.05) is 97.9 Å². The van der Waals surface area contributed by atoms with E-state index in [0.29, 0.717) is 51.3 Å². The van der Waals surface area contributed by atoms with Crippen LogP contribution in [0.25, 0.3) is 6.08 Å². The summed E-state index contributed by atoms with van der Waals surface area (Å²) in [5.74, 6) is 1.09. The SMILES string of the molecule is CCOc1cc(/C=C2\SC(=NCc3ccccc3)N(Cc3ccccc3)C2=O)ccc1OCc1ccc(Cl)cc1Cl. The average Bonchev–Trinajstić information content (AvgIpc) is 3.27. The number of hydrogen-bond donors (Lipinski definition) is 0. The highest BCUT2D eigenvalue weighted by molar-refractivity contribution is 8.18. The number of halogens is 2. The number of carbonyl (C=O) groups excluding carboxylic acids is 1. The highest BCUT2D eigenvalue weighted by Gasteiger charge is 2.33. The number of benzene rings is 4. The highest BCUT2D eigenvalue weighted by atomic mass is 35.5. The molecule has 0 radical (unpaired) electrons. The van der Waals surface area contributed by atoms with Crippen molar-refractivity contribution in [2.75, 3.05) is 6.61 Å². The normalized spacial score (nSPS) is 15.1. The van der Waals surface area contributed by atoms with Gasteiger partial charge in [0.2, 0.25) is 0 Å². The summed E-state index contributed by atoms with van der Waals surface area (Å²) in [6.45, 7) is 3.58. The number of thioether (sulfide) groups is 1. The Bertz CT molecular complexity index is 1580. The summed E-state index contributed by atoms with van der Waals surface area (Å²) >= 11 is 13.7. The number of carbonyl (C=O) groups is 1. The number of aliphatic imine (C=N–C) groups is 1. The zero-order valence-corrected chi connectivity index (χ0v) is 24.8. The van der Waals surface area contributed by atoms with Crippen LogP contribution in [0.3, 0.4) is 0 Å². The molecule has 1 fully saturated rings. The topological polar surface area (TPSA) is 51.1 Å². The first kappa shape index (κ1) is 28.8. The van der Waals surface area contributed by atoms with Gasteiger partial charge in [-0.05, 0) is 65.7 Å². The van der Waals surface area contributed by atoms with Gasteiger partial charge in [-0.3, -0.25) is 14.7 Å². The van der Waals surface area contributed by atoms with Crippen LogP contribution in [0.5, 0.6) is 11.5 Å². The van der Waals surface area contributed by atoms with E-state index in [4.69, 9.17) is 37.7 Å². The molecule has 5 nitrogen and oxygen atoms in total. The molecule has 1 aliphatic rings. The Kier molecular flexibility index (Phi) is 9.67. The van der Waals surface area contributed by atoms with E-state index in [1.54, 1.807) is 17.0 Å². The van der Waals surface area contributed by atoms with Gasteiger partial charge in [0.25, 0.3) is 5.91 Å². The molecule has 0 saturated carbocycles. The summed E-state index contributed by atoms with van der Waals surface area (Å²) in [6, 6.07) is 30.9. The quantitative estimate of drug-likeness (QED) is 0.170. The van der Waals surface area contributed by atoms with Gasteiger partial charge in [-0.1, -0.05) is 96.0 Å². The highest BCUT2D eigenvalue weighted by Crippen LogP contribution is 2.36. The van der Waals surface area contributed by atoms with E-state index in [1.165, 1.54) is 11.8 Å². The maximum Gasteiger partial charge on any atom is 0.267 e. The summed E-state index contributed by atoms with van der Waals surface area (Å²) in [6.07, 6.45) is 1.87. The third-order valence-electron chi connectivity index (χ3n) is 6.27. The lowest BCUT2D eigenvalue weighted by Crippen LogP contribution is -2.28. The number of hydrogen-bond acceptors (Lipinski definition) is 5. The fraction of sp³-hybridized carbons (Fsp3) is 0.152. The molecule has 0 atom stereocenters. The second-order valence-electron chi connectivity index (χ2n) is 9.24. The van der Waals surface area contributed by atoms with Gasteiger partial charge < -0.3 is 9.47 Å². The minimum atomic E-state index is -0.0821. The van der Waals surface area contributed by atoms with Crippen LogP contribution in [0.15, 0.2) is 107 Å². The number of ether oxygens (including phenoxy) is 2. The van der Waals surface area contributed by atoms with Crippen molar-refractivity contribution in [3.8, 4) is 11.5 Å². The lowest BCUT2D eigenvalue weighted by molar-refractivity contribution is -0.122. The van der Waals surface area contributed by atoms with Crippen LogP contribution in [-0.2, 0) is 24.5 Å². The lowest BCUT2D eigenvalue weighted by Gasteiger charge is -2.15. The third-order valence-corrected chi connectivity index (χ3v) is 7.91. The Morgan fingerprint density at radius 3 is 2.29 bits per heavy atom. The Morgan fingerprint density at radius 1 is 0.854 bits per heavy atom. The van der Waals surface area contributed by atoms with Gasteiger partial charge in [0.05, 0.1) is 24.6 Å². The fourth-order valence-electron chi connectivity index (χ4n) is 4.22. The van der Waals surface area contributed by atoms with E-state index >= 15 is 0 Å². The summed E-state index contributed by atoms with van der Waals surface area (Å²) < 4.78 is 11.9. The molecule has 41 heavy (non-hydrogen) atoms. The zero-order chi connectivity index (χ0) is 28.6. The molecular weight excluding hydrogens is 575 g/mol. The second kappa shape index (κ2) is 13.8. The zero-order valence-electron chi connectivity index (χ0n) is 22.4. The average molecular weight is 604 g/mol. The number of rotatable bonds is 10. The van der Waals surface area contributed by atoms with Gasteiger partial charge in [-0.15, -0.1) is 0 Å². The van der Waals surface area contributed by atoms with Gasteiger partial charge in [0, 0.05) is 15.6 Å². The van der Waals surface area contributed by atoms with E-state index in [0.717, 1.165) is 22.3 Å². The summed E-state index contributed by atoms with van der Waals surface area (Å²) in [5, 5.41) is 1.79. The van der Waals surface area contributed by atoms with Gasteiger partial charge in [-0.25, -0.2) is 0 Å². The molecule has 0 spiro atoms. The molecule has 4 aromatic rings. The molecule has 4 aromatic carbocycles. The minimum absolute atomic E-state index is 0.0821. The number of amidine groups is 1. The van der Waals surface area contributed by atoms with Crippen molar-refractivity contribution in [1.29, 1.82) is 0 Å². The van der Waals surface area contributed by atoms with Crippen LogP contribution in [0, 0.1) is 0 Å². The molecule has 0 unspecified atom stereocenters. The first-order chi connectivity index (χ1) is 20.0. The Hall–Kier alpha value is -3.71. The number of amides is 1. The minimum Gasteiger partial charge on any atom is -0.490 e. The van der Waals surface area contributed by atoms with Crippen molar-refractivity contribution in [2.45, 2.75) is 26.6 Å². The van der Waals surface area contributed by atoms with Crippen LogP contribution < -0.4 is 9.47 Å². The molecule has 0 bridgehead atoms. The van der Waals surface area contributed by atoms with E-state index in [9.17, 15) is 4.79 Å². The lowest BCUT2D eigenvalue weighted by atomic mass is 10.1. The molecule has 208 valence electrons. The summed E-state index contributed by atoms with van der Waals surface area (Å²) in [5.41, 5.74) is 3.77. The second-order valence-corrected chi connectivity index (χ2v) is 11.1. The van der Waals surface area contributed by atoms with Crippen molar-refractivity contribution >= 4 is 52.1 Å². The fourth-order valence-corrected chi connectivity index (χ4v) is 5.66. The molecule has 1 heterocycles. The van der Waals surface area contributed by atoms with Crippen LogP contribution >= 0.6 is 35.0 Å². The molecule has 1 aliphatic heterocycles. The Labute approximate surface area is 254 Å². The van der Waals surface area contributed by atoms with Crippen LogP contribution in [-0.4, -0.2) is 22.6 Å². The third kappa shape index (κ3) is 7.53. The molecular formula is C33H28Cl2N2O3S. The van der Waals surface area contributed by atoms with Crippen molar-refractivity contribution in [3.05, 3.63) is 134 Å².